The van der Waals surface area contributed by atoms with E-state index in [9.17, 15) is 9.90 Å². The van der Waals surface area contributed by atoms with Crippen LogP contribution in [0.2, 0.25) is 0 Å². The third-order valence-electron chi connectivity index (χ3n) is 3.16. The minimum atomic E-state index is -0.384. The Kier molecular flexibility index (Phi) is 3.78. The molecule has 2 heterocycles. The van der Waals surface area contributed by atoms with Gasteiger partial charge in [0.15, 0.2) is 5.69 Å². The molecule has 0 aromatic carbocycles. The summed E-state index contributed by atoms with van der Waals surface area (Å²) >= 11 is 0. The minimum Gasteiger partial charge on any atom is -0.393 e. The Balaban J connectivity index is 2.08. The molecule has 0 radical (unpaired) electrons. The average Bonchev–Trinajstić information content (AvgIpc) is 2.81. The summed E-state index contributed by atoms with van der Waals surface area (Å²) in [5.41, 5.74) is 0.350. The number of hydrogen-bond donors (Lipinski definition) is 1. The molecule has 0 spiro atoms. The summed E-state index contributed by atoms with van der Waals surface area (Å²) in [6, 6.07) is 1.70. The van der Waals surface area contributed by atoms with Crippen molar-refractivity contribution < 1.29 is 14.4 Å². The van der Waals surface area contributed by atoms with Gasteiger partial charge in [-0.3, -0.25) is 4.79 Å². The molecule has 0 saturated carbocycles. The van der Waals surface area contributed by atoms with Crippen molar-refractivity contribution >= 4 is 5.91 Å². The van der Waals surface area contributed by atoms with Crippen LogP contribution in [0.5, 0.6) is 0 Å². The van der Waals surface area contributed by atoms with E-state index in [1.54, 1.807) is 13.0 Å². The highest BCUT2D eigenvalue weighted by Gasteiger charge is 2.29. The third-order valence-corrected chi connectivity index (χ3v) is 3.16. The molecular weight excluding hydrogens is 220 g/mol. The summed E-state index contributed by atoms with van der Waals surface area (Å²) in [5, 5.41) is 13.1. The van der Waals surface area contributed by atoms with Crippen LogP contribution in [0.3, 0.4) is 0 Å². The molecule has 2 rings (SSSR count). The van der Waals surface area contributed by atoms with E-state index < -0.39 is 0 Å². The molecule has 0 bridgehead atoms. The van der Waals surface area contributed by atoms with Crippen LogP contribution in [0, 0.1) is 0 Å². The van der Waals surface area contributed by atoms with Crippen LogP contribution in [-0.4, -0.2) is 39.8 Å². The first-order chi connectivity index (χ1) is 8.18. The van der Waals surface area contributed by atoms with Crippen LogP contribution in [-0.2, 0) is 0 Å². The van der Waals surface area contributed by atoms with Crippen LogP contribution >= 0.6 is 0 Å². The van der Waals surface area contributed by atoms with Gasteiger partial charge in [0.05, 0.1) is 6.10 Å². The molecule has 94 valence electrons. The molecule has 1 aliphatic rings. The number of aliphatic hydroxyl groups excluding tert-OH is 1. The number of piperidine rings is 1. The molecule has 1 aromatic rings. The topological polar surface area (TPSA) is 66.6 Å². The Bertz CT molecular complexity index is 362. The molecule has 1 aromatic heterocycles. The van der Waals surface area contributed by atoms with Gasteiger partial charge in [0.25, 0.3) is 5.91 Å². The zero-order valence-corrected chi connectivity index (χ0v) is 10.0. The van der Waals surface area contributed by atoms with E-state index in [0.29, 0.717) is 12.1 Å². The quantitative estimate of drug-likeness (QED) is 0.865. The predicted octanol–water partition coefficient (Wildman–Crippen LogP) is 1.44. The third kappa shape index (κ3) is 2.85. The average molecular weight is 238 g/mol. The van der Waals surface area contributed by atoms with Gasteiger partial charge < -0.3 is 14.5 Å². The van der Waals surface area contributed by atoms with Crippen LogP contribution in [0.25, 0.3) is 0 Å². The van der Waals surface area contributed by atoms with Crippen molar-refractivity contribution in [3.8, 4) is 0 Å². The fourth-order valence-electron chi connectivity index (χ4n) is 2.38. The molecule has 1 saturated heterocycles. The number of aliphatic hydroxyl groups is 1. The van der Waals surface area contributed by atoms with Gasteiger partial charge in [-0.1, -0.05) is 5.16 Å². The second-order valence-corrected chi connectivity index (χ2v) is 4.62. The van der Waals surface area contributed by atoms with Crippen LogP contribution in [0.4, 0.5) is 0 Å². The highest BCUT2D eigenvalue weighted by atomic mass is 16.5. The fourth-order valence-corrected chi connectivity index (χ4v) is 2.38. The highest BCUT2D eigenvalue weighted by Crippen LogP contribution is 2.22. The van der Waals surface area contributed by atoms with Crippen molar-refractivity contribution in [1.82, 2.24) is 10.1 Å². The van der Waals surface area contributed by atoms with Gasteiger partial charge >= 0.3 is 0 Å². The van der Waals surface area contributed by atoms with E-state index in [1.165, 1.54) is 6.26 Å². The van der Waals surface area contributed by atoms with Gasteiger partial charge in [0, 0.05) is 18.7 Å². The summed E-state index contributed by atoms with van der Waals surface area (Å²) in [4.78, 5) is 14.0. The van der Waals surface area contributed by atoms with Crippen molar-refractivity contribution in [2.24, 2.45) is 0 Å². The molecule has 5 heteroatoms. The Labute approximate surface area is 100 Å². The lowest BCUT2D eigenvalue weighted by Gasteiger charge is -2.36. The van der Waals surface area contributed by atoms with Crippen molar-refractivity contribution in [3.63, 3.8) is 0 Å². The van der Waals surface area contributed by atoms with E-state index in [-0.39, 0.29) is 18.1 Å². The fraction of sp³-hybridized carbons (Fsp3) is 0.667. The molecular formula is C12H18N2O3. The van der Waals surface area contributed by atoms with Crippen molar-refractivity contribution in [3.05, 3.63) is 18.0 Å². The SMILES string of the molecule is CC(O)CC1CCCCN1C(=O)c1ccon1. The van der Waals surface area contributed by atoms with Gasteiger partial charge in [-0.2, -0.15) is 0 Å². The smallest absolute Gasteiger partial charge is 0.276 e. The second kappa shape index (κ2) is 5.31. The molecule has 2 unspecified atom stereocenters. The largest absolute Gasteiger partial charge is 0.393 e. The lowest BCUT2D eigenvalue weighted by Crippen LogP contribution is -2.45. The maximum absolute atomic E-state index is 12.2. The second-order valence-electron chi connectivity index (χ2n) is 4.62. The maximum atomic E-state index is 12.2. The van der Waals surface area contributed by atoms with E-state index in [1.807, 2.05) is 4.90 Å². The Morgan fingerprint density at radius 1 is 1.71 bits per heavy atom. The number of carbonyl (C=O) groups excluding carboxylic acids is 1. The molecule has 1 aliphatic heterocycles. The number of hydrogen-bond acceptors (Lipinski definition) is 4. The predicted molar refractivity (Wildman–Crippen MR) is 61.5 cm³/mol. The van der Waals surface area contributed by atoms with Crippen molar-refractivity contribution in [2.75, 3.05) is 6.54 Å². The molecule has 17 heavy (non-hydrogen) atoms. The van der Waals surface area contributed by atoms with Crippen molar-refractivity contribution in [2.45, 2.75) is 44.8 Å². The zero-order valence-electron chi connectivity index (χ0n) is 10.0. The Morgan fingerprint density at radius 2 is 2.53 bits per heavy atom. The normalized spacial score (nSPS) is 22.5. The number of likely N-dealkylation sites (tertiary alicyclic amines) is 1. The first kappa shape index (κ1) is 12.1. The van der Waals surface area contributed by atoms with Gasteiger partial charge in [0.1, 0.15) is 6.26 Å². The molecule has 1 amide bonds. The van der Waals surface area contributed by atoms with Crippen molar-refractivity contribution in [1.29, 1.82) is 0 Å². The van der Waals surface area contributed by atoms with Crippen LogP contribution in [0.1, 0.15) is 43.1 Å². The first-order valence-corrected chi connectivity index (χ1v) is 6.08. The zero-order chi connectivity index (χ0) is 12.3. The first-order valence-electron chi connectivity index (χ1n) is 6.08. The van der Waals surface area contributed by atoms with E-state index in [0.717, 1.165) is 25.8 Å². The lowest BCUT2D eigenvalue weighted by molar-refractivity contribution is 0.0505. The van der Waals surface area contributed by atoms with Gasteiger partial charge in [-0.15, -0.1) is 0 Å². The number of amides is 1. The molecule has 1 fully saturated rings. The van der Waals surface area contributed by atoms with Gasteiger partial charge in [-0.25, -0.2) is 0 Å². The monoisotopic (exact) mass is 238 g/mol. The number of carbonyl (C=O) groups is 1. The van der Waals surface area contributed by atoms with E-state index in [2.05, 4.69) is 5.16 Å². The number of rotatable bonds is 3. The molecule has 5 nitrogen and oxygen atoms in total. The van der Waals surface area contributed by atoms with E-state index in [4.69, 9.17) is 4.52 Å². The lowest BCUT2D eigenvalue weighted by atomic mass is 9.97. The standard InChI is InChI=1S/C12H18N2O3/c1-9(15)8-10-4-2-3-6-14(10)12(16)11-5-7-17-13-11/h5,7,9-10,15H,2-4,6,8H2,1H3. The van der Waals surface area contributed by atoms with E-state index >= 15 is 0 Å². The minimum absolute atomic E-state index is 0.0934. The highest BCUT2D eigenvalue weighted by molar-refractivity contribution is 5.92. The Hall–Kier alpha value is -1.36. The molecule has 1 N–H and O–H groups in total. The summed E-state index contributed by atoms with van der Waals surface area (Å²) in [6.45, 7) is 2.50. The summed E-state index contributed by atoms with van der Waals surface area (Å²) in [5.74, 6) is -0.0934. The van der Waals surface area contributed by atoms with Gasteiger partial charge in [0.2, 0.25) is 0 Å². The van der Waals surface area contributed by atoms with Crippen LogP contribution in [0.15, 0.2) is 16.9 Å². The Morgan fingerprint density at radius 3 is 3.18 bits per heavy atom. The maximum Gasteiger partial charge on any atom is 0.276 e. The van der Waals surface area contributed by atoms with Crippen LogP contribution < -0.4 is 0 Å². The molecule has 0 aliphatic carbocycles. The summed E-state index contributed by atoms with van der Waals surface area (Å²) in [7, 11) is 0. The number of nitrogens with zero attached hydrogens (tertiary/aromatic N) is 2. The number of aromatic nitrogens is 1. The molecule has 2 atom stereocenters. The summed E-state index contributed by atoms with van der Waals surface area (Å²) in [6.07, 6.45) is 4.73. The summed E-state index contributed by atoms with van der Waals surface area (Å²) < 4.78 is 4.70. The van der Waals surface area contributed by atoms with Gasteiger partial charge in [-0.05, 0) is 32.6 Å².